The molecule has 0 spiro atoms. The van der Waals surface area contributed by atoms with Crippen LogP contribution in [0, 0.1) is 0 Å². The number of nitrogens with one attached hydrogen (secondary N) is 2. The molecule has 2 N–H and O–H groups in total. The lowest BCUT2D eigenvalue weighted by molar-refractivity contribution is 0.567. The van der Waals surface area contributed by atoms with Gasteiger partial charge in [-0.05, 0) is 32.0 Å². The van der Waals surface area contributed by atoms with Crippen LogP contribution >= 0.6 is 35.6 Å². The van der Waals surface area contributed by atoms with Crippen molar-refractivity contribution in [1.29, 1.82) is 0 Å². The Morgan fingerprint density at radius 3 is 2.21 bits per heavy atom. The number of hydrogen-bond acceptors (Lipinski definition) is 4. The molecule has 1 aromatic carbocycles. The average Bonchev–Trinajstić information content (AvgIpc) is 2.41. The number of benzene rings is 1. The van der Waals surface area contributed by atoms with Crippen LogP contribution in [0.4, 0.5) is 17.5 Å². The minimum atomic E-state index is -0.0789. The second-order valence-corrected chi connectivity index (χ2v) is 7.58. The van der Waals surface area contributed by atoms with Crippen molar-refractivity contribution in [3.8, 4) is 0 Å². The standard InChI is InChI=1S/C17H22Cl2N4.ClH/c1-10(2)20-16-22-14(17(3,4)5)9-15(23-16)21-11-6-7-12(18)13(19)8-11;/h6-10H,1-5H3,(H2,20,21,22,23);1H. The van der Waals surface area contributed by atoms with Gasteiger partial charge in [0.1, 0.15) is 5.82 Å². The van der Waals surface area contributed by atoms with E-state index in [1.165, 1.54) is 0 Å². The molecule has 1 aromatic heterocycles. The number of hydrogen-bond donors (Lipinski definition) is 2. The molecule has 4 nitrogen and oxygen atoms in total. The van der Waals surface area contributed by atoms with E-state index in [4.69, 9.17) is 23.2 Å². The monoisotopic (exact) mass is 388 g/mol. The van der Waals surface area contributed by atoms with Crippen molar-refractivity contribution in [2.24, 2.45) is 0 Å². The van der Waals surface area contributed by atoms with Crippen molar-refractivity contribution >= 4 is 53.1 Å². The first-order chi connectivity index (χ1) is 10.6. The highest BCUT2D eigenvalue weighted by molar-refractivity contribution is 6.42. The SMILES string of the molecule is CC(C)Nc1nc(Nc2ccc(Cl)c(Cl)c2)cc(C(C)(C)C)n1.Cl. The number of halogens is 3. The Bertz CT molecular complexity index is 697. The highest BCUT2D eigenvalue weighted by Crippen LogP contribution is 2.28. The van der Waals surface area contributed by atoms with E-state index in [0.29, 0.717) is 21.8 Å². The molecule has 2 aromatic rings. The van der Waals surface area contributed by atoms with E-state index in [1.54, 1.807) is 12.1 Å². The smallest absolute Gasteiger partial charge is 0.225 e. The Balaban J connectivity index is 0.00000288. The largest absolute Gasteiger partial charge is 0.352 e. The summed E-state index contributed by atoms with van der Waals surface area (Å²) < 4.78 is 0. The molecule has 7 heteroatoms. The molecule has 0 amide bonds. The minimum absolute atomic E-state index is 0. The van der Waals surface area contributed by atoms with Crippen molar-refractivity contribution in [2.75, 3.05) is 10.6 Å². The number of anilines is 3. The van der Waals surface area contributed by atoms with Crippen molar-refractivity contribution < 1.29 is 0 Å². The van der Waals surface area contributed by atoms with Gasteiger partial charge in [0.2, 0.25) is 5.95 Å². The lowest BCUT2D eigenvalue weighted by Crippen LogP contribution is -2.19. The summed E-state index contributed by atoms with van der Waals surface area (Å²) in [7, 11) is 0. The lowest BCUT2D eigenvalue weighted by Gasteiger charge is -2.20. The molecule has 132 valence electrons. The Labute approximate surface area is 159 Å². The van der Waals surface area contributed by atoms with Crippen LogP contribution in [-0.2, 0) is 5.41 Å². The third-order valence-corrected chi connectivity index (χ3v) is 3.84. The van der Waals surface area contributed by atoms with Gasteiger partial charge in [0.25, 0.3) is 0 Å². The van der Waals surface area contributed by atoms with E-state index in [0.717, 1.165) is 11.4 Å². The van der Waals surface area contributed by atoms with E-state index >= 15 is 0 Å². The molecule has 0 unspecified atom stereocenters. The van der Waals surface area contributed by atoms with E-state index in [1.807, 2.05) is 12.1 Å². The third-order valence-electron chi connectivity index (χ3n) is 3.10. The third kappa shape index (κ3) is 5.69. The van der Waals surface area contributed by atoms with Crippen LogP contribution in [0.15, 0.2) is 24.3 Å². The molecule has 24 heavy (non-hydrogen) atoms. The van der Waals surface area contributed by atoms with Crippen molar-refractivity contribution in [2.45, 2.75) is 46.1 Å². The van der Waals surface area contributed by atoms with E-state index in [-0.39, 0.29) is 23.9 Å². The lowest BCUT2D eigenvalue weighted by atomic mass is 9.92. The average molecular weight is 390 g/mol. The normalized spacial score (nSPS) is 11.2. The summed E-state index contributed by atoms with van der Waals surface area (Å²) in [6.45, 7) is 10.5. The zero-order valence-corrected chi connectivity index (χ0v) is 16.8. The quantitative estimate of drug-likeness (QED) is 0.666. The summed E-state index contributed by atoms with van der Waals surface area (Å²) in [6.07, 6.45) is 0. The van der Waals surface area contributed by atoms with Crippen LogP contribution < -0.4 is 10.6 Å². The van der Waals surface area contributed by atoms with Crippen molar-refractivity contribution in [3.05, 3.63) is 40.0 Å². The summed E-state index contributed by atoms with van der Waals surface area (Å²) in [5.74, 6) is 1.32. The Kier molecular flexibility index (Phi) is 7.14. The molecule has 0 bridgehead atoms. The second-order valence-electron chi connectivity index (χ2n) is 6.76. The molecule has 2 rings (SSSR count). The molecule has 1 heterocycles. The maximum atomic E-state index is 6.07. The first-order valence-corrected chi connectivity index (χ1v) is 8.29. The predicted octanol–water partition coefficient (Wildman–Crippen LogP) is 6.07. The summed E-state index contributed by atoms with van der Waals surface area (Å²) in [5.41, 5.74) is 1.71. The fraction of sp³-hybridized carbons (Fsp3) is 0.412. The number of aromatic nitrogens is 2. The fourth-order valence-corrected chi connectivity index (χ4v) is 2.24. The number of rotatable bonds is 4. The Hall–Kier alpha value is -1.23. The number of nitrogens with zero attached hydrogens (tertiary/aromatic N) is 2. The molecular weight excluding hydrogens is 367 g/mol. The highest BCUT2D eigenvalue weighted by Gasteiger charge is 2.18. The topological polar surface area (TPSA) is 49.8 Å². The minimum Gasteiger partial charge on any atom is -0.352 e. The second kappa shape index (κ2) is 8.24. The van der Waals surface area contributed by atoms with Crippen LogP contribution in [-0.4, -0.2) is 16.0 Å². The zero-order valence-electron chi connectivity index (χ0n) is 14.4. The molecule has 0 atom stereocenters. The summed E-state index contributed by atoms with van der Waals surface area (Å²) in [6, 6.07) is 7.60. The first-order valence-electron chi connectivity index (χ1n) is 7.53. The van der Waals surface area contributed by atoms with E-state index in [2.05, 4.69) is 55.2 Å². The van der Waals surface area contributed by atoms with Crippen LogP contribution in [0.1, 0.15) is 40.3 Å². The molecule has 0 saturated heterocycles. The molecular formula is C17H23Cl3N4. The van der Waals surface area contributed by atoms with Gasteiger partial charge < -0.3 is 10.6 Å². The highest BCUT2D eigenvalue weighted by atomic mass is 35.5. The van der Waals surface area contributed by atoms with Gasteiger partial charge in [-0.3, -0.25) is 0 Å². The molecule has 0 aliphatic heterocycles. The van der Waals surface area contributed by atoms with Crippen LogP contribution in [0.25, 0.3) is 0 Å². The van der Waals surface area contributed by atoms with Crippen LogP contribution in [0.5, 0.6) is 0 Å². The van der Waals surface area contributed by atoms with Crippen LogP contribution in [0.3, 0.4) is 0 Å². The predicted molar refractivity (Wildman–Crippen MR) is 106 cm³/mol. The van der Waals surface area contributed by atoms with Gasteiger partial charge in [-0.15, -0.1) is 12.4 Å². The molecule has 0 saturated carbocycles. The molecule has 0 fully saturated rings. The zero-order chi connectivity index (χ0) is 17.2. The van der Waals surface area contributed by atoms with Gasteiger partial charge in [0, 0.05) is 23.2 Å². The maximum absolute atomic E-state index is 6.07. The van der Waals surface area contributed by atoms with Crippen molar-refractivity contribution in [3.63, 3.8) is 0 Å². The molecule has 0 radical (unpaired) electrons. The molecule has 0 aliphatic rings. The first kappa shape index (κ1) is 20.8. The van der Waals surface area contributed by atoms with Gasteiger partial charge >= 0.3 is 0 Å². The van der Waals surface area contributed by atoms with Crippen LogP contribution in [0.2, 0.25) is 10.0 Å². The Morgan fingerprint density at radius 1 is 1.00 bits per heavy atom. The van der Waals surface area contributed by atoms with E-state index in [9.17, 15) is 0 Å². The van der Waals surface area contributed by atoms with Crippen molar-refractivity contribution in [1.82, 2.24) is 9.97 Å². The van der Waals surface area contributed by atoms with Gasteiger partial charge in [0.15, 0.2) is 0 Å². The Morgan fingerprint density at radius 2 is 1.67 bits per heavy atom. The summed E-state index contributed by atoms with van der Waals surface area (Å²) in [5, 5.41) is 7.55. The fourth-order valence-electron chi connectivity index (χ4n) is 1.94. The van der Waals surface area contributed by atoms with Gasteiger partial charge in [-0.25, -0.2) is 4.98 Å². The molecule has 0 aliphatic carbocycles. The summed E-state index contributed by atoms with van der Waals surface area (Å²) in [4.78, 5) is 9.13. The summed E-state index contributed by atoms with van der Waals surface area (Å²) >= 11 is 12.0. The van der Waals surface area contributed by atoms with Gasteiger partial charge in [-0.2, -0.15) is 4.98 Å². The maximum Gasteiger partial charge on any atom is 0.225 e. The van der Waals surface area contributed by atoms with E-state index < -0.39 is 0 Å². The van der Waals surface area contributed by atoms with Gasteiger partial charge in [-0.1, -0.05) is 44.0 Å². The van der Waals surface area contributed by atoms with Gasteiger partial charge in [0.05, 0.1) is 15.7 Å².